The summed E-state index contributed by atoms with van der Waals surface area (Å²) in [6.07, 6.45) is 3.81. The summed E-state index contributed by atoms with van der Waals surface area (Å²) in [5.74, 6) is 0. The van der Waals surface area contributed by atoms with E-state index in [1.165, 1.54) is 5.56 Å². The summed E-state index contributed by atoms with van der Waals surface area (Å²) < 4.78 is 1.08. The van der Waals surface area contributed by atoms with E-state index in [4.69, 9.17) is 11.6 Å². The Balaban J connectivity index is 2.88. The van der Waals surface area contributed by atoms with Gasteiger partial charge in [-0.15, -0.1) is 6.58 Å². The number of benzene rings is 1. The molecule has 0 unspecified atom stereocenters. The molecule has 0 nitrogen and oxygen atoms in total. The topological polar surface area (TPSA) is 0 Å². The summed E-state index contributed by atoms with van der Waals surface area (Å²) in [5, 5.41) is 0.825. The quantitative estimate of drug-likeness (QED) is 0.700. The summed E-state index contributed by atoms with van der Waals surface area (Å²) in [6, 6.07) is 5.85. The van der Waals surface area contributed by atoms with Crippen LogP contribution >= 0.6 is 27.5 Å². The van der Waals surface area contributed by atoms with E-state index in [9.17, 15) is 0 Å². The van der Waals surface area contributed by atoms with Crippen LogP contribution in [0.4, 0.5) is 0 Å². The molecule has 1 aromatic carbocycles. The van der Waals surface area contributed by atoms with Gasteiger partial charge in [-0.05, 0) is 30.5 Å². The molecule has 0 aromatic heterocycles. The van der Waals surface area contributed by atoms with Gasteiger partial charge in [0.15, 0.2) is 0 Å². The second kappa shape index (κ2) is 4.68. The first-order valence-electron chi connectivity index (χ1n) is 3.79. The second-order valence-electron chi connectivity index (χ2n) is 2.53. The fourth-order valence-corrected chi connectivity index (χ4v) is 1.97. The fourth-order valence-electron chi connectivity index (χ4n) is 1.02. The van der Waals surface area contributed by atoms with E-state index in [1.54, 1.807) is 0 Å². The third-order valence-corrected chi connectivity index (χ3v) is 2.76. The SMILES string of the molecule is C=CCCc1c(Cl)cccc1Br. The third-order valence-electron chi connectivity index (χ3n) is 1.66. The third kappa shape index (κ3) is 2.36. The lowest BCUT2D eigenvalue weighted by atomic mass is 10.1. The summed E-state index contributed by atoms with van der Waals surface area (Å²) in [4.78, 5) is 0. The Morgan fingerprint density at radius 2 is 2.25 bits per heavy atom. The average molecular weight is 246 g/mol. The Kier molecular flexibility index (Phi) is 3.83. The van der Waals surface area contributed by atoms with Gasteiger partial charge in [-0.25, -0.2) is 0 Å². The van der Waals surface area contributed by atoms with Crippen molar-refractivity contribution in [1.29, 1.82) is 0 Å². The molecule has 0 spiro atoms. The predicted octanol–water partition coefficient (Wildman–Crippen LogP) is 4.22. The lowest BCUT2D eigenvalue weighted by molar-refractivity contribution is 0.997. The maximum atomic E-state index is 6.00. The van der Waals surface area contributed by atoms with Gasteiger partial charge in [-0.2, -0.15) is 0 Å². The van der Waals surface area contributed by atoms with Gasteiger partial charge in [-0.3, -0.25) is 0 Å². The monoisotopic (exact) mass is 244 g/mol. The number of allylic oxidation sites excluding steroid dienone is 1. The standard InChI is InChI=1S/C10H10BrCl/c1-2-3-5-8-9(11)6-4-7-10(8)12/h2,4,6-7H,1,3,5H2. The zero-order valence-corrected chi connectivity index (χ0v) is 9.03. The first-order valence-corrected chi connectivity index (χ1v) is 4.96. The van der Waals surface area contributed by atoms with Gasteiger partial charge in [0, 0.05) is 9.50 Å². The first kappa shape index (κ1) is 9.82. The van der Waals surface area contributed by atoms with Crippen LogP contribution in [0, 0.1) is 0 Å². The highest BCUT2D eigenvalue weighted by molar-refractivity contribution is 9.10. The average Bonchev–Trinajstić information content (AvgIpc) is 2.04. The molecule has 0 heterocycles. The van der Waals surface area contributed by atoms with Crippen LogP contribution < -0.4 is 0 Å². The minimum atomic E-state index is 0.825. The van der Waals surface area contributed by atoms with Crippen molar-refractivity contribution >= 4 is 27.5 Å². The van der Waals surface area contributed by atoms with E-state index in [1.807, 2.05) is 24.3 Å². The van der Waals surface area contributed by atoms with Crippen LogP contribution in [0.5, 0.6) is 0 Å². The number of hydrogen-bond acceptors (Lipinski definition) is 0. The van der Waals surface area contributed by atoms with Crippen molar-refractivity contribution in [3.63, 3.8) is 0 Å². The molecule has 0 aliphatic heterocycles. The van der Waals surface area contributed by atoms with Crippen LogP contribution in [0.3, 0.4) is 0 Å². The zero-order chi connectivity index (χ0) is 8.97. The maximum absolute atomic E-state index is 6.00. The largest absolute Gasteiger partial charge is 0.103 e. The molecule has 0 radical (unpaired) electrons. The van der Waals surface area contributed by atoms with Crippen LogP contribution in [-0.4, -0.2) is 0 Å². The molecular formula is C10H10BrCl. The second-order valence-corrected chi connectivity index (χ2v) is 3.79. The maximum Gasteiger partial charge on any atom is 0.0449 e. The number of rotatable bonds is 3. The molecule has 0 bridgehead atoms. The van der Waals surface area contributed by atoms with Gasteiger partial charge in [0.05, 0.1) is 0 Å². The van der Waals surface area contributed by atoms with Gasteiger partial charge in [0.25, 0.3) is 0 Å². The zero-order valence-electron chi connectivity index (χ0n) is 6.69. The molecule has 1 rings (SSSR count). The minimum Gasteiger partial charge on any atom is -0.103 e. The normalized spacial score (nSPS) is 9.83. The van der Waals surface area contributed by atoms with Crippen molar-refractivity contribution in [3.8, 4) is 0 Å². The molecule has 64 valence electrons. The van der Waals surface area contributed by atoms with Gasteiger partial charge in [-0.1, -0.05) is 39.7 Å². The Morgan fingerprint density at radius 3 is 2.83 bits per heavy atom. The minimum absolute atomic E-state index is 0.825. The highest BCUT2D eigenvalue weighted by atomic mass is 79.9. The molecule has 12 heavy (non-hydrogen) atoms. The van der Waals surface area contributed by atoms with Crippen molar-refractivity contribution in [2.24, 2.45) is 0 Å². The molecule has 0 saturated heterocycles. The molecule has 2 heteroatoms. The Morgan fingerprint density at radius 1 is 1.50 bits per heavy atom. The molecular weight excluding hydrogens is 235 g/mol. The van der Waals surface area contributed by atoms with Gasteiger partial charge < -0.3 is 0 Å². The molecule has 0 N–H and O–H groups in total. The number of halogens is 2. The highest BCUT2D eigenvalue weighted by Crippen LogP contribution is 2.25. The molecule has 0 saturated carbocycles. The highest BCUT2D eigenvalue weighted by Gasteiger charge is 2.02. The van der Waals surface area contributed by atoms with Crippen LogP contribution in [0.15, 0.2) is 35.3 Å². The first-order chi connectivity index (χ1) is 5.75. The van der Waals surface area contributed by atoms with Crippen molar-refractivity contribution < 1.29 is 0 Å². The summed E-state index contributed by atoms with van der Waals surface area (Å²) in [5.41, 5.74) is 1.17. The van der Waals surface area contributed by atoms with Crippen LogP contribution in [0.1, 0.15) is 12.0 Å². The van der Waals surface area contributed by atoms with Gasteiger partial charge in [0.1, 0.15) is 0 Å². The molecule has 0 amide bonds. The van der Waals surface area contributed by atoms with E-state index in [-0.39, 0.29) is 0 Å². The molecule has 0 aliphatic carbocycles. The molecule has 1 aromatic rings. The van der Waals surface area contributed by atoms with Crippen LogP contribution in [-0.2, 0) is 6.42 Å². The fraction of sp³-hybridized carbons (Fsp3) is 0.200. The summed E-state index contributed by atoms with van der Waals surface area (Å²) >= 11 is 9.46. The Labute approximate surface area is 86.4 Å². The van der Waals surface area contributed by atoms with Gasteiger partial charge in [0.2, 0.25) is 0 Å². The van der Waals surface area contributed by atoms with E-state index in [2.05, 4.69) is 22.5 Å². The van der Waals surface area contributed by atoms with Crippen LogP contribution in [0.2, 0.25) is 5.02 Å². The van der Waals surface area contributed by atoms with Crippen molar-refractivity contribution in [2.75, 3.05) is 0 Å². The van der Waals surface area contributed by atoms with E-state index in [0.717, 1.165) is 22.3 Å². The number of hydrogen-bond donors (Lipinski definition) is 0. The lowest BCUT2D eigenvalue weighted by Crippen LogP contribution is -1.86. The molecule has 0 atom stereocenters. The summed E-state index contributed by atoms with van der Waals surface area (Å²) in [6.45, 7) is 3.68. The van der Waals surface area contributed by atoms with E-state index < -0.39 is 0 Å². The van der Waals surface area contributed by atoms with Crippen molar-refractivity contribution in [3.05, 3.63) is 45.9 Å². The van der Waals surface area contributed by atoms with Gasteiger partial charge >= 0.3 is 0 Å². The van der Waals surface area contributed by atoms with Crippen molar-refractivity contribution in [2.45, 2.75) is 12.8 Å². The predicted molar refractivity (Wildman–Crippen MR) is 57.7 cm³/mol. The smallest absolute Gasteiger partial charge is 0.0449 e. The van der Waals surface area contributed by atoms with E-state index in [0.29, 0.717) is 0 Å². The molecule has 0 aliphatic rings. The Bertz CT molecular complexity index is 261. The summed E-state index contributed by atoms with van der Waals surface area (Å²) in [7, 11) is 0. The van der Waals surface area contributed by atoms with Crippen molar-refractivity contribution in [1.82, 2.24) is 0 Å². The van der Waals surface area contributed by atoms with Crippen LogP contribution in [0.25, 0.3) is 0 Å². The van der Waals surface area contributed by atoms with E-state index >= 15 is 0 Å². The lowest BCUT2D eigenvalue weighted by Gasteiger charge is -2.04. The Hall–Kier alpha value is -0.270. The molecule has 0 fully saturated rings.